The third-order valence-corrected chi connectivity index (χ3v) is 3.14. The molecule has 6 nitrogen and oxygen atoms in total. The number of halogens is 1. The van der Waals surface area contributed by atoms with Gasteiger partial charge in [0.25, 0.3) is 5.91 Å². The van der Waals surface area contributed by atoms with E-state index in [4.69, 9.17) is 10.5 Å². The molecular formula is C16H20ClN3O3. The Kier molecular flexibility index (Phi) is 6.81. The molecule has 23 heavy (non-hydrogen) atoms. The van der Waals surface area contributed by atoms with Gasteiger partial charge < -0.3 is 20.4 Å². The van der Waals surface area contributed by atoms with E-state index in [1.165, 1.54) is 6.92 Å². The number of Topliss-reactive ketones (excluding diaryl/α,β-unsaturated/α-hetero) is 1. The second-order valence-corrected chi connectivity index (χ2v) is 4.90. The highest BCUT2D eigenvalue weighted by Gasteiger charge is 2.13. The van der Waals surface area contributed by atoms with E-state index in [9.17, 15) is 9.59 Å². The first-order valence-electron chi connectivity index (χ1n) is 6.93. The maximum Gasteiger partial charge on any atom is 0.272 e. The molecule has 0 unspecified atom stereocenters. The molecule has 0 saturated heterocycles. The molecule has 0 atom stereocenters. The number of amides is 1. The number of carbonyl (C=O) groups excluding carboxylic acids is 2. The molecule has 1 aromatic heterocycles. The Morgan fingerprint density at radius 1 is 1.26 bits per heavy atom. The van der Waals surface area contributed by atoms with Crippen molar-refractivity contribution in [3.8, 4) is 5.75 Å². The Balaban J connectivity index is 0.00000264. The second-order valence-electron chi connectivity index (χ2n) is 4.90. The SMILES string of the molecule is CC(=O)c1cc(C(=O)Nc2ccc(OCCN)cc2)n(C)c1.Cl. The van der Waals surface area contributed by atoms with Gasteiger partial charge in [0.05, 0.1) is 0 Å². The Morgan fingerprint density at radius 3 is 2.43 bits per heavy atom. The zero-order chi connectivity index (χ0) is 16.1. The van der Waals surface area contributed by atoms with E-state index in [-0.39, 0.29) is 24.1 Å². The summed E-state index contributed by atoms with van der Waals surface area (Å²) in [6.07, 6.45) is 1.64. The number of aromatic nitrogens is 1. The molecule has 124 valence electrons. The van der Waals surface area contributed by atoms with Crippen LogP contribution in [0.25, 0.3) is 0 Å². The van der Waals surface area contributed by atoms with Crippen molar-refractivity contribution >= 4 is 29.8 Å². The second kappa shape index (κ2) is 8.36. The molecule has 3 N–H and O–H groups in total. The summed E-state index contributed by atoms with van der Waals surface area (Å²) in [6.45, 7) is 2.37. The van der Waals surface area contributed by atoms with Gasteiger partial charge in [0.1, 0.15) is 18.1 Å². The van der Waals surface area contributed by atoms with Crippen LogP contribution >= 0.6 is 12.4 Å². The fourth-order valence-corrected chi connectivity index (χ4v) is 1.99. The van der Waals surface area contributed by atoms with E-state index in [0.717, 1.165) is 0 Å². The summed E-state index contributed by atoms with van der Waals surface area (Å²) in [6, 6.07) is 8.60. The lowest BCUT2D eigenvalue weighted by molar-refractivity contribution is 0.101. The number of carbonyl (C=O) groups is 2. The highest BCUT2D eigenvalue weighted by molar-refractivity contribution is 6.05. The van der Waals surface area contributed by atoms with Gasteiger partial charge in [0, 0.05) is 31.0 Å². The summed E-state index contributed by atoms with van der Waals surface area (Å²) in [4.78, 5) is 23.6. The smallest absolute Gasteiger partial charge is 0.272 e. The zero-order valence-corrected chi connectivity index (χ0v) is 13.9. The molecule has 0 fully saturated rings. The summed E-state index contributed by atoms with van der Waals surface area (Å²) >= 11 is 0. The van der Waals surface area contributed by atoms with Gasteiger partial charge in [-0.15, -0.1) is 12.4 Å². The van der Waals surface area contributed by atoms with Crippen LogP contribution in [0.3, 0.4) is 0 Å². The molecule has 0 radical (unpaired) electrons. The van der Waals surface area contributed by atoms with Gasteiger partial charge in [-0.25, -0.2) is 0 Å². The number of rotatable bonds is 6. The highest BCUT2D eigenvalue weighted by atomic mass is 35.5. The first-order chi connectivity index (χ1) is 10.5. The fourth-order valence-electron chi connectivity index (χ4n) is 1.99. The van der Waals surface area contributed by atoms with Crippen molar-refractivity contribution in [2.75, 3.05) is 18.5 Å². The number of nitrogens with zero attached hydrogens (tertiary/aromatic N) is 1. The molecule has 1 amide bonds. The van der Waals surface area contributed by atoms with E-state index >= 15 is 0 Å². The maximum absolute atomic E-state index is 12.2. The first-order valence-corrected chi connectivity index (χ1v) is 6.93. The summed E-state index contributed by atoms with van der Waals surface area (Å²) < 4.78 is 7.00. The number of anilines is 1. The van der Waals surface area contributed by atoms with Gasteiger partial charge in [0.2, 0.25) is 0 Å². The van der Waals surface area contributed by atoms with E-state index in [1.807, 2.05) is 0 Å². The molecule has 0 aliphatic rings. The Morgan fingerprint density at radius 2 is 1.91 bits per heavy atom. The summed E-state index contributed by atoms with van der Waals surface area (Å²) in [5, 5.41) is 2.78. The van der Waals surface area contributed by atoms with Crippen molar-refractivity contribution < 1.29 is 14.3 Å². The Labute approximate surface area is 141 Å². The van der Waals surface area contributed by atoms with Crippen molar-refractivity contribution in [3.63, 3.8) is 0 Å². The Bertz CT molecular complexity index is 680. The van der Waals surface area contributed by atoms with Gasteiger partial charge >= 0.3 is 0 Å². The van der Waals surface area contributed by atoms with Crippen LogP contribution in [-0.2, 0) is 7.05 Å². The minimum atomic E-state index is -0.273. The number of ketones is 1. The van der Waals surface area contributed by atoms with Crippen LogP contribution in [0.15, 0.2) is 36.5 Å². The summed E-state index contributed by atoms with van der Waals surface area (Å²) in [5.41, 5.74) is 6.95. The number of ether oxygens (including phenoxy) is 1. The number of hydrogen-bond donors (Lipinski definition) is 2. The zero-order valence-electron chi connectivity index (χ0n) is 13.0. The van der Waals surface area contributed by atoms with Crippen molar-refractivity contribution in [1.29, 1.82) is 0 Å². The minimum Gasteiger partial charge on any atom is -0.492 e. The molecule has 0 saturated carbocycles. The number of benzene rings is 1. The van der Waals surface area contributed by atoms with Crippen LogP contribution in [0.4, 0.5) is 5.69 Å². The molecule has 0 spiro atoms. The fraction of sp³-hybridized carbons (Fsp3) is 0.250. The van der Waals surface area contributed by atoms with Crippen molar-refractivity contribution in [3.05, 3.63) is 47.8 Å². The van der Waals surface area contributed by atoms with Crippen LogP contribution in [0, 0.1) is 0 Å². The Hall–Kier alpha value is -2.31. The average molecular weight is 338 g/mol. The summed E-state index contributed by atoms with van der Waals surface area (Å²) in [7, 11) is 1.73. The number of hydrogen-bond acceptors (Lipinski definition) is 4. The topological polar surface area (TPSA) is 86.3 Å². The van der Waals surface area contributed by atoms with E-state index in [2.05, 4.69) is 5.32 Å². The third-order valence-electron chi connectivity index (χ3n) is 3.14. The van der Waals surface area contributed by atoms with Crippen LogP contribution in [0.2, 0.25) is 0 Å². The maximum atomic E-state index is 12.2. The molecule has 0 bridgehead atoms. The molecule has 7 heteroatoms. The van der Waals surface area contributed by atoms with Gasteiger partial charge in [-0.3, -0.25) is 9.59 Å². The minimum absolute atomic E-state index is 0. The van der Waals surface area contributed by atoms with Crippen LogP contribution < -0.4 is 15.8 Å². The molecule has 2 aromatic rings. The molecule has 0 aliphatic heterocycles. The normalized spacial score (nSPS) is 9.87. The average Bonchev–Trinajstić information content (AvgIpc) is 2.89. The van der Waals surface area contributed by atoms with Gasteiger partial charge in [-0.2, -0.15) is 0 Å². The van der Waals surface area contributed by atoms with Crippen LogP contribution in [0.1, 0.15) is 27.8 Å². The molecule has 1 heterocycles. The molecular weight excluding hydrogens is 318 g/mol. The standard InChI is InChI=1S/C16H19N3O3.ClH/c1-11(20)12-9-15(19(2)10-12)16(21)18-13-3-5-14(6-4-13)22-8-7-17;/h3-6,9-10H,7-8,17H2,1-2H3,(H,18,21);1H. The first kappa shape index (κ1) is 18.7. The van der Waals surface area contributed by atoms with Gasteiger partial charge in [-0.05, 0) is 37.3 Å². The number of aryl methyl sites for hydroxylation is 1. The molecule has 0 aliphatic carbocycles. The number of nitrogens with one attached hydrogen (secondary N) is 1. The predicted octanol–water partition coefficient (Wildman–Crippen LogP) is 2.24. The third kappa shape index (κ3) is 4.84. The van der Waals surface area contributed by atoms with Crippen LogP contribution in [0.5, 0.6) is 5.75 Å². The van der Waals surface area contributed by atoms with Crippen molar-refractivity contribution in [1.82, 2.24) is 4.57 Å². The lowest BCUT2D eigenvalue weighted by Crippen LogP contribution is -2.15. The van der Waals surface area contributed by atoms with Crippen LogP contribution in [-0.4, -0.2) is 29.4 Å². The highest BCUT2D eigenvalue weighted by Crippen LogP contribution is 2.17. The predicted molar refractivity (Wildman–Crippen MR) is 91.6 cm³/mol. The van der Waals surface area contributed by atoms with E-state index < -0.39 is 0 Å². The molecule has 2 rings (SSSR count). The van der Waals surface area contributed by atoms with Gasteiger partial charge in [-0.1, -0.05) is 0 Å². The largest absolute Gasteiger partial charge is 0.492 e. The lowest BCUT2D eigenvalue weighted by Gasteiger charge is -2.08. The molecule has 1 aromatic carbocycles. The van der Waals surface area contributed by atoms with Gasteiger partial charge in [0.15, 0.2) is 5.78 Å². The summed E-state index contributed by atoms with van der Waals surface area (Å²) in [5.74, 6) is 0.350. The van der Waals surface area contributed by atoms with Crippen molar-refractivity contribution in [2.24, 2.45) is 12.8 Å². The number of nitrogens with two attached hydrogens (primary N) is 1. The van der Waals surface area contributed by atoms with E-state index in [0.29, 0.717) is 35.8 Å². The quantitative estimate of drug-likeness (QED) is 0.791. The lowest BCUT2D eigenvalue weighted by atomic mass is 10.2. The van der Waals surface area contributed by atoms with E-state index in [1.54, 1.807) is 48.1 Å². The van der Waals surface area contributed by atoms with Crippen molar-refractivity contribution in [2.45, 2.75) is 6.92 Å². The monoisotopic (exact) mass is 337 g/mol.